The van der Waals surface area contributed by atoms with Gasteiger partial charge in [-0.2, -0.15) is 0 Å². The number of imidazole rings is 1. The minimum absolute atomic E-state index is 0.0244. The molecule has 1 aliphatic carbocycles. The van der Waals surface area contributed by atoms with Crippen molar-refractivity contribution in [1.29, 1.82) is 0 Å². The highest BCUT2D eigenvalue weighted by Gasteiger charge is 2.38. The van der Waals surface area contributed by atoms with Crippen LogP contribution in [0.4, 0.5) is 20.5 Å². The van der Waals surface area contributed by atoms with E-state index in [9.17, 15) is 4.39 Å². The SMILES string of the molecule is CCN1CCC([C@@H](c2ccc(Nc3ncc(F)c(-c4cc(F)c5nc(C)n(C(C)C)c5c4)n3)nc2)C2CC2)CC1. The van der Waals surface area contributed by atoms with Crippen molar-refractivity contribution in [2.75, 3.05) is 25.0 Å². The fraction of sp³-hybridized carbons (Fsp3) is 0.484. The first kappa shape index (κ1) is 26.7. The predicted octanol–water partition coefficient (Wildman–Crippen LogP) is 7.02. The zero-order valence-corrected chi connectivity index (χ0v) is 23.7. The fourth-order valence-electron chi connectivity index (χ4n) is 6.49. The van der Waals surface area contributed by atoms with Crippen molar-refractivity contribution in [3.8, 4) is 11.3 Å². The van der Waals surface area contributed by atoms with Crippen molar-refractivity contribution in [3.05, 3.63) is 59.7 Å². The van der Waals surface area contributed by atoms with Gasteiger partial charge in [-0.15, -0.1) is 0 Å². The lowest BCUT2D eigenvalue weighted by molar-refractivity contribution is 0.168. The first-order chi connectivity index (χ1) is 19.3. The Bertz CT molecular complexity index is 1500. The number of likely N-dealkylation sites (tertiary alicyclic amines) is 1. The van der Waals surface area contributed by atoms with E-state index in [-0.39, 0.29) is 23.2 Å². The number of piperidine rings is 1. The first-order valence-electron chi connectivity index (χ1n) is 14.5. The quantitative estimate of drug-likeness (QED) is 0.256. The van der Waals surface area contributed by atoms with Gasteiger partial charge in [0, 0.05) is 17.8 Å². The Labute approximate surface area is 234 Å². The minimum Gasteiger partial charge on any atom is -0.326 e. The topological polar surface area (TPSA) is 71.8 Å². The van der Waals surface area contributed by atoms with Gasteiger partial charge in [0.25, 0.3) is 0 Å². The third-order valence-electron chi connectivity index (χ3n) is 8.59. The molecule has 210 valence electrons. The monoisotopic (exact) mass is 545 g/mol. The highest BCUT2D eigenvalue weighted by atomic mass is 19.1. The Morgan fingerprint density at radius 1 is 0.950 bits per heavy atom. The van der Waals surface area contributed by atoms with E-state index in [1.165, 1.54) is 50.4 Å². The predicted molar refractivity (Wildman–Crippen MR) is 154 cm³/mol. The van der Waals surface area contributed by atoms with E-state index in [0.717, 1.165) is 18.7 Å². The lowest BCUT2D eigenvalue weighted by Crippen LogP contribution is -2.35. The lowest BCUT2D eigenvalue weighted by Gasteiger charge is -2.36. The summed E-state index contributed by atoms with van der Waals surface area (Å²) in [7, 11) is 0. The van der Waals surface area contributed by atoms with Crippen LogP contribution in [0.2, 0.25) is 0 Å². The van der Waals surface area contributed by atoms with Crippen molar-refractivity contribution in [1.82, 2.24) is 29.4 Å². The van der Waals surface area contributed by atoms with Crippen LogP contribution in [0.25, 0.3) is 22.3 Å². The second kappa shape index (κ2) is 10.8. The molecule has 1 saturated carbocycles. The summed E-state index contributed by atoms with van der Waals surface area (Å²) in [5.41, 5.74) is 2.53. The number of hydrogen-bond donors (Lipinski definition) is 1. The molecule has 1 atom stereocenters. The fourth-order valence-corrected chi connectivity index (χ4v) is 6.49. The molecule has 0 spiro atoms. The van der Waals surface area contributed by atoms with E-state index >= 15 is 4.39 Å². The molecule has 2 fully saturated rings. The van der Waals surface area contributed by atoms with Crippen LogP contribution in [-0.2, 0) is 0 Å². The number of halogens is 2. The van der Waals surface area contributed by atoms with Crippen LogP contribution in [0.1, 0.15) is 69.8 Å². The Balaban J connectivity index is 1.24. The van der Waals surface area contributed by atoms with Crippen molar-refractivity contribution < 1.29 is 8.78 Å². The molecule has 7 nitrogen and oxygen atoms in total. The van der Waals surface area contributed by atoms with E-state index < -0.39 is 11.6 Å². The number of anilines is 2. The zero-order valence-electron chi connectivity index (χ0n) is 23.7. The molecule has 1 saturated heterocycles. The van der Waals surface area contributed by atoms with Crippen molar-refractivity contribution in [3.63, 3.8) is 0 Å². The number of fused-ring (bicyclic) bond motifs is 1. The summed E-state index contributed by atoms with van der Waals surface area (Å²) >= 11 is 0. The molecule has 1 aromatic carbocycles. The first-order valence-corrected chi connectivity index (χ1v) is 14.5. The van der Waals surface area contributed by atoms with Crippen LogP contribution < -0.4 is 5.32 Å². The molecular weight excluding hydrogens is 508 g/mol. The zero-order chi connectivity index (χ0) is 28.0. The van der Waals surface area contributed by atoms with E-state index in [2.05, 4.69) is 43.1 Å². The lowest BCUT2D eigenvalue weighted by atomic mass is 9.77. The van der Waals surface area contributed by atoms with Gasteiger partial charge in [0.15, 0.2) is 11.6 Å². The number of benzene rings is 1. The number of pyridine rings is 1. The summed E-state index contributed by atoms with van der Waals surface area (Å²) < 4.78 is 31.9. The average molecular weight is 546 g/mol. The molecular formula is C31H37F2N7. The molecule has 2 aliphatic rings. The minimum atomic E-state index is -0.624. The van der Waals surface area contributed by atoms with Crippen LogP contribution in [0.5, 0.6) is 0 Å². The van der Waals surface area contributed by atoms with Crippen LogP contribution in [0.15, 0.2) is 36.7 Å². The summed E-state index contributed by atoms with van der Waals surface area (Å²) in [4.78, 5) is 20.1. The Morgan fingerprint density at radius 2 is 1.70 bits per heavy atom. The number of nitrogens with zero attached hydrogens (tertiary/aromatic N) is 6. The third-order valence-corrected chi connectivity index (χ3v) is 8.59. The van der Waals surface area contributed by atoms with Gasteiger partial charge in [-0.1, -0.05) is 13.0 Å². The number of hydrogen-bond acceptors (Lipinski definition) is 6. The van der Waals surface area contributed by atoms with Gasteiger partial charge in [-0.3, -0.25) is 0 Å². The highest BCUT2D eigenvalue weighted by Crippen LogP contribution is 2.49. The summed E-state index contributed by atoms with van der Waals surface area (Å²) in [6, 6.07) is 7.21. The Kier molecular flexibility index (Phi) is 7.25. The molecule has 0 amide bonds. The normalized spacial score (nSPS) is 17.6. The second-order valence-corrected chi connectivity index (χ2v) is 11.6. The van der Waals surface area contributed by atoms with Crippen LogP contribution in [-0.4, -0.2) is 49.0 Å². The molecule has 1 N–H and O–H groups in total. The van der Waals surface area contributed by atoms with Gasteiger partial charge in [0.05, 0.1) is 11.7 Å². The van der Waals surface area contributed by atoms with Crippen molar-refractivity contribution in [2.24, 2.45) is 11.8 Å². The summed E-state index contributed by atoms with van der Waals surface area (Å²) in [6.45, 7) is 11.6. The van der Waals surface area contributed by atoms with Crippen molar-refractivity contribution >= 4 is 22.8 Å². The van der Waals surface area contributed by atoms with Crippen LogP contribution in [0.3, 0.4) is 0 Å². The van der Waals surface area contributed by atoms with Gasteiger partial charge < -0.3 is 14.8 Å². The molecule has 3 aromatic heterocycles. The van der Waals surface area contributed by atoms with Gasteiger partial charge in [0.2, 0.25) is 5.95 Å². The number of rotatable bonds is 8. The number of aromatic nitrogens is 5. The molecule has 0 unspecified atom stereocenters. The molecule has 40 heavy (non-hydrogen) atoms. The Morgan fingerprint density at radius 3 is 2.35 bits per heavy atom. The van der Waals surface area contributed by atoms with Gasteiger partial charge in [0.1, 0.15) is 22.9 Å². The molecule has 9 heteroatoms. The molecule has 4 aromatic rings. The van der Waals surface area contributed by atoms with Gasteiger partial charge >= 0.3 is 0 Å². The summed E-state index contributed by atoms with van der Waals surface area (Å²) in [5.74, 6) is 2.39. The van der Waals surface area contributed by atoms with E-state index in [1.54, 1.807) is 6.07 Å². The maximum absolute atomic E-state index is 15.0. The second-order valence-electron chi connectivity index (χ2n) is 11.6. The van der Waals surface area contributed by atoms with Crippen molar-refractivity contribution in [2.45, 2.75) is 65.3 Å². The third kappa shape index (κ3) is 5.19. The van der Waals surface area contributed by atoms with Gasteiger partial charge in [-0.05, 0) is 108 Å². The molecule has 0 radical (unpaired) electrons. The highest BCUT2D eigenvalue weighted by molar-refractivity contribution is 5.83. The molecule has 1 aliphatic heterocycles. The molecule has 4 heterocycles. The average Bonchev–Trinajstić information content (AvgIpc) is 3.72. The maximum Gasteiger partial charge on any atom is 0.229 e. The van der Waals surface area contributed by atoms with Crippen LogP contribution >= 0.6 is 0 Å². The maximum atomic E-state index is 15.0. The van der Waals surface area contributed by atoms with E-state index in [4.69, 9.17) is 0 Å². The summed E-state index contributed by atoms with van der Waals surface area (Å²) in [6.07, 6.45) is 8.17. The van der Waals surface area contributed by atoms with Gasteiger partial charge in [-0.25, -0.2) is 28.7 Å². The summed E-state index contributed by atoms with van der Waals surface area (Å²) in [5, 5.41) is 3.11. The largest absolute Gasteiger partial charge is 0.326 e. The van der Waals surface area contributed by atoms with E-state index in [0.29, 0.717) is 34.6 Å². The smallest absolute Gasteiger partial charge is 0.229 e. The van der Waals surface area contributed by atoms with E-state index in [1.807, 2.05) is 37.6 Å². The standard InChI is InChI=1S/C31H37F2N7/c1-5-39-12-10-21(11-13-39)28(20-6-7-20)22-8-9-27(34-16-22)37-31-35-17-25(33)29(38-31)23-14-24(32)30-26(15-23)40(18(2)3)19(4)36-30/h8-9,14-18,20-21,28H,5-7,10-13H2,1-4H3,(H,34,35,37,38)/t28-/m0/s1. The van der Waals surface area contributed by atoms with Crippen LogP contribution in [0, 0.1) is 30.4 Å². The Hall–Kier alpha value is -3.46. The molecule has 6 rings (SSSR count). The number of aryl methyl sites for hydroxylation is 1. The number of nitrogens with one attached hydrogen (secondary N) is 1. The molecule has 0 bridgehead atoms.